The molecule has 1 saturated carbocycles. The number of rotatable bonds is 5. The van der Waals surface area contributed by atoms with Gasteiger partial charge in [-0.2, -0.15) is 0 Å². The summed E-state index contributed by atoms with van der Waals surface area (Å²) in [6.07, 6.45) is 10.7. The molecule has 0 aromatic rings. The fourth-order valence-corrected chi connectivity index (χ4v) is 3.98. The second-order valence-corrected chi connectivity index (χ2v) is 7.14. The van der Waals surface area contributed by atoms with Gasteiger partial charge in [-0.3, -0.25) is 4.99 Å². The Morgan fingerprint density at radius 1 is 1.32 bits per heavy atom. The van der Waals surface area contributed by atoms with Gasteiger partial charge in [-0.15, -0.1) is 0 Å². The Labute approximate surface area is 137 Å². The minimum absolute atomic E-state index is 0.657. The van der Waals surface area contributed by atoms with Gasteiger partial charge in [0.15, 0.2) is 0 Å². The van der Waals surface area contributed by atoms with Gasteiger partial charge in [0.1, 0.15) is 0 Å². The van der Waals surface area contributed by atoms with Crippen LogP contribution in [0.25, 0.3) is 0 Å². The summed E-state index contributed by atoms with van der Waals surface area (Å²) in [6, 6.07) is 0. The van der Waals surface area contributed by atoms with Gasteiger partial charge in [0.05, 0.1) is 0 Å². The van der Waals surface area contributed by atoms with Crippen molar-refractivity contribution in [2.75, 3.05) is 0 Å². The normalized spacial score (nSPS) is 30.3. The molecule has 1 heteroatoms. The molecule has 0 aromatic heterocycles. The van der Waals surface area contributed by atoms with E-state index in [1.165, 1.54) is 36.1 Å². The molecule has 0 bridgehead atoms. The first-order valence-electron chi connectivity index (χ1n) is 9.13. The maximum atomic E-state index is 4.80. The Hall–Kier alpha value is -1.11. The molecule has 2 aliphatic rings. The molecule has 0 radical (unpaired) electrons. The number of nitrogens with zero attached hydrogens (tertiary/aromatic N) is 1. The predicted molar refractivity (Wildman–Crippen MR) is 98.2 cm³/mol. The Morgan fingerprint density at radius 3 is 2.50 bits per heavy atom. The highest BCUT2D eigenvalue weighted by molar-refractivity contribution is 5.60. The monoisotopic (exact) mass is 299 g/mol. The van der Waals surface area contributed by atoms with Crippen LogP contribution in [0.3, 0.4) is 0 Å². The molecule has 2 aliphatic carbocycles. The van der Waals surface area contributed by atoms with Crippen LogP contribution in [0.2, 0.25) is 0 Å². The van der Waals surface area contributed by atoms with Crippen LogP contribution in [0.4, 0.5) is 0 Å². The number of hydrogen-bond acceptors (Lipinski definition) is 1. The van der Waals surface area contributed by atoms with Gasteiger partial charge < -0.3 is 0 Å². The minimum atomic E-state index is 0.657. The maximum absolute atomic E-state index is 4.80. The Morgan fingerprint density at radius 2 is 2.05 bits per heavy atom. The first-order chi connectivity index (χ1) is 10.5. The average Bonchev–Trinajstić information content (AvgIpc) is 2.50. The molecule has 0 saturated heterocycles. The largest absolute Gasteiger partial charge is 0.265 e. The van der Waals surface area contributed by atoms with E-state index in [1.54, 1.807) is 11.1 Å². The van der Waals surface area contributed by atoms with Crippen LogP contribution in [0, 0.1) is 17.8 Å². The smallest absolute Gasteiger partial charge is 0.0483 e. The van der Waals surface area contributed by atoms with Gasteiger partial charge in [0.25, 0.3) is 0 Å². The second-order valence-electron chi connectivity index (χ2n) is 7.14. The lowest BCUT2D eigenvalue weighted by Crippen LogP contribution is -2.28. The third-order valence-corrected chi connectivity index (χ3v) is 5.68. The number of allylic oxidation sites excluding steroid dienone is 6. The fourth-order valence-electron chi connectivity index (χ4n) is 3.98. The summed E-state index contributed by atoms with van der Waals surface area (Å²) in [5.74, 6) is 2.23. The number of hydrogen-bond donors (Lipinski definition) is 0. The van der Waals surface area contributed by atoms with Gasteiger partial charge in [0.2, 0.25) is 0 Å². The van der Waals surface area contributed by atoms with Crippen LogP contribution >= 0.6 is 0 Å². The lowest BCUT2D eigenvalue weighted by atomic mass is 9.65. The molecule has 1 nitrogen and oxygen atoms in total. The van der Waals surface area contributed by atoms with Crippen molar-refractivity contribution in [3.05, 3.63) is 34.1 Å². The summed E-state index contributed by atoms with van der Waals surface area (Å²) in [5, 5.41) is 0. The zero-order valence-electron chi connectivity index (χ0n) is 15.4. The summed E-state index contributed by atoms with van der Waals surface area (Å²) in [5.41, 5.74) is 7.47. The molecule has 0 aromatic carbocycles. The molecule has 0 aliphatic heterocycles. The first-order valence-corrected chi connectivity index (χ1v) is 9.13. The molecule has 122 valence electrons. The van der Waals surface area contributed by atoms with Crippen molar-refractivity contribution in [2.24, 2.45) is 22.7 Å². The van der Waals surface area contributed by atoms with E-state index in [0.29, 0.717) is 5.92 Å². The molecule has 0 heterocycles. The Kier molecular flexibility index (Phi) is 5.83. The van der Waals surface area contributed by atoms with Crippen molar-refractivity contribution < 1.29 is 0 Å². The highest BCUT2D eigenvalue weighted by atomic mass is 14.7. The number of aliphatic imine (C=N–C) groups is 1. The van der Waals surface area contributed by atoms with Gasteiger partial charge in [0, 0.05) is 17.5 Å². The van der Waals surface area contributed by atoms with Crippen molar-refractivity contribution in [3.63, 3.8) is 0 Å². The standard InChI is InChI=1S/C21H33N/c1-7-14(4)20(18-11-10-15(18)5)21-16(6)12-17(8-2)13-19(21)22-9-3/h9,12,15,17-18H,7-8,10-11,13H2,1-6H3/b20-14-,22-9-. The highest BCUT2D eigenvalue weighted by Gasteiger charge is 2.35. The molecular formula is C21H33N. The van der Waals surface area contributed by atoms with Crippen LogP contribution in [0.1, 0.15) is 73.6 Å². The molecular weight excluding hydrogens is 266 g/mol. The zero-order chi connectivity index (χ0) is 16.3. The topological polar surface area (TPSA) is 12.4 Å². The summed E-state index contributed by atoms with van der Waals surface area (Å²) < 4.78 is 0. The van der Waals surface area contributed by atoms with Gasteiger partial charge in [-0.25, -0.2) is 0 Å². The van der Waals surface area contributed by atoms with Crippen molar-refractivity contribution >= 4 is 6.21 Å². The molecule has 2 rings (SSSR count). The van der Waals surface area contributed by atoms with Gasteiger partial charge in [-0.05, 0) is 81.8 Å². The van der Waals surface area contributed by atoms with E-state index in [0.717, 1.165) is 24.7 Å². The van der Waals surface area contributed by atoms with E-state index in [-0.39, 0.29) is 0 Å². The molecule has 0 amide bonds. The molecule has 22 heavy (non-hydrogen) atoms. The van der Waals surface area contributed by atoms with Crippen molar-refractivity contribution in [3.8, 4) is 0 Å². The van der Waals surface area contributed by atoms with E-state index in [2.05, 4.69) is 40.7 Å². The SMILES string of the molecule is C/C=N\C1=C(C(=C(/C)CC)/C2CCC2C)C(C)=CC(CC)C1. The van der Waals surface area contributed by atoms with Crippen molar-refractivity contribution in [2.45, 2.75) is 73.6 Å². The van der Waals surface area contributed by atoms with Crippen LogP contribution < -0.4 is 0 Å². The van der Waals surface area contributed by atoms with E-state index < -0.39 is 0 Å². The first kappa shape index (κ1) is 17.2. The second kappa shape index (κ2) is 7.44. The Balaban J connectivity index is 2.54. The van der Waals surface area contributed by atoms with E-state index in [4.69, 9.17) is 4.99 Å². The van der Waals surface area contributed by atoms with Gasteiger partial charge in [-0.1, -0.05) is 32.4 Å². The third-order valence-electron chi connectivity index (χ3n) is 5.68. The lowest BCUT2D eigenvalue weighted by Gasteiger charge is -2.40. The minimum Gasteiger partial charge on any atom is -0.265 e. The van der Waals surface area contributed by atoms with Crippen LogP contribution in [-0.4, -0.2) is 6.21 Å². The van der Waals surface area contributed by atoms with Crippen molar-refractivity contribution in [1.29, 1.82) is 0 Å². The van der Waals surface area contributed by atoms with E-state index in [1.807, 2.05) is 13.1 Å². The zero-order valence-corrected chi connectivity index (χ0v) is 15.4. The molecule has 3 atom stereocenters. The third kappa shape index (κ3) is 3.29. The summed E-state index contributed by atoms with van der Waals surface area (Å²) in [4.78, 5) is 4.80. The lowest BCUT2D eigenvalue weighted by molar-refractivity contribution is 0.237. The quantitative estimate of drug-likeness (QED) is 0.515. The van der Waals surface area contributed by atoms with Crippen LogP contribution in [0.15, 0.2) is 39.1 Å². The van der Waals surface area contributed by atoms with Gasteiger partial charge >= 0.3 is 0 Å². The molecule has 0 N–H and O–H groups in total. The van der Waals surface area contributed by atoms with E-state index >= 15 is 0 Å². The predicted octanol–water partition coefficient (Wildman–Crippen LogP) is 6.48. The highest BCUT2D eigenvalue weighted by Crippen LogP contribution is 2.48. The molecule has 0 spiro atoms. The average molecular weight is 300 g/mol. The van der Waals surface area contributed by atoms with Crippen molar-refractivity contribution in [1.82, 2.24) is 0 Å². The van der Waals surface area contributed by atoms with E-state index in [9.17, 15) is 0 Å². The maximum Gasteiger partial charge on any atom is 0.0483 e. The summed E-state index contributed by atoms with van der Waals surface area (Å²) in [6.45, 7) is 13.7. The summed E-state index contributed by atoms with van der Waals surface area (Å²) in [7, 11) is 0. The van der Waals surface area contributed by atoms with Crippen LogP contribution in [-0.2, 0) is 0 Å². The molecule has 1 fully saturated rings. The molecule has 3 unspecified atom stereocenters. The fraction of sp³-hybridized carbons (Fsp3) is 0.667. The summed E-state index contributed by atoms with van der Waals surface area (Å²) >= 11 is 0. The Bertz CT molecular complexity index is 530. The van der Waals surface area contributed by atoms with Crippen LogP contribution in [0.5, 0.6) is 0 Å².